The Morgan fingerprint density at radius 2 is 1.90 bits per heavy atom. The first-order valence-electron chi connectivity index (χ1n) is 9.46. The quantitative estimate of drug-likeness (QED) is 0.637. The van der Waals surface area contributed by atoms with Crippen LogP contribution in [0.5, 0.6) is 11.5 Å². The molecule has 1 fully saturated rings. The van der Waals surface area contributed by atoms with E-state index in [-0.39, 0.29) is 11.8 Å². The molecule has 0 radical (unpaired) electrons. The van der Waals surface area contributed by atoms with Gasteiger partial charge in [0, 0.05) is 37.1 Å². The molecule has 0 N–H and O–H groups in total. The van der Waals surface area contributed by atoms with E-state index in [1.807, 2.05) is 42.2 Å². The third-order valence-corrected chi connectivity index (χ3v) is 5.08. The summed E-state index contributed by atoms with van der Waals surface area (Å²) < 4.78 is 16.1. The van der Waals surface area contributed by atoms with E-state index in [0.717, 1.165) is 5.56 Å². The average molecular weight is 393 g/mol. The minimum Gasteiger partial charge on any atom is -0.497 e. The lowest BCUT2D eigenvalue weighted by Gasteiger charge is -2.16. The molecule has 1 amide bonds. The molecule has 1 aliphatic rings. The number of likely N-dealkylation sites (tertiary alicyclic amines) is 1. The molecule has 0 spiro atoms. The molecule has 1 aromatic heterocycles. The predicted molar refractivity (Wildman–Crippen MR) is 107 cm³/mol. The number of aryl methyl sites for hydroxylation is 1. The standard InChI is InChI=1S/C22H23N3O4/c1-14-5-4-6-15(7-14)12-25-13-17(10-20(25)26)21-23-22(29-24-21)16-8-18(27-2)11-19(9-16)28-3/h4-9,11,17H,10,12-13H2,1-3H3. The molecule has 1 unspecified atom stereocenters. The Morgan fingerprint density at radius 1 is 1.14 bits per heavy atom. The van der Waals surface area contributed by atoms with Crippen LogP contribution in [0.3, 0.4) is 0 Å². The predicted octanol–water partition coefficient (Wildman–Crippen LogP) is 3.58. The molecule has 0 bridgehead atoms. The highest BCUT2D eigenvalue weighted by atomic mass is 16.5. The zero-order chi connectivity index (χ0) is 20.4. The maximum absolute atomic E-state index is 12.5. The largest absolute Gasteiger partial charge is 0.497 e. The van der Waals surface area contributed by atoms with Crippen molar-refractivity contribution in [3.63, 3.8) is 0 Å². The van der Waals surface area contributed by atoms with E-state index in [0.29, 0.717) is 48.3 Å². The summed E-state index contributed by atoms with van der Waals surface area (Å²) in [6.07, 6.45) is 0.381. The molecule has 0 saturated carbocycles. The topological polar surface area (TPSA) is 77.7 Å². The first-order valence-corrected chi connectivity index (χ1v) is 9.46. The minimum absolute atomic E-state index is 0.0858. The first kappa shape index (κ1) is 19.0. The van der Waals surface area contributed by atoms with Crippen molar-refractivity contribution in [3.05, 3.63) is 59.4 Å². The minimum atomic E-state index is -0.0858. The second-order valence-electron chi connectivity index (χ2n) is 7.22. The van der Waals surface area contributed by atoms with Crippen LogP contribution in [0, 0.1) is 6.92 Å². The zero-order valence-corrected chi connectivity index (χ0v) is 16.7. The Hall–Kier alpha value is -3.35. The molecule has 3 aromatic rings. The van der Waals surface area contributed by atoms with Gasteiger partial charge < -0.3 is 18.9 Å². The van der Waals surface area contributed by atoms with E-state index >= 15 is 0 Å². The summed E-state index contributed by atoms with van der Waals surface area (Å²) in [5, 5.41) is 4.13. The molecule has 1 atom stereocenters. The average Bonchev–Trinajstić information content (AvgIpc) is 3.35. The fraction of sp³-hybridized carbons (Fsp3) is 0.318. The number of methoxy groups -OCH3 is 2. The molecule has 1 saturated heterocycles. The normalized spacial score (nSPS) is 16.3. The number of carbonyl (C=O) groups is 1. The van der Waals surface area contributed by atoms with Gasteiger partial charge in [-0.1, -0.05) is 35.0 Å². The van der Waals surface area contributed by atoms with Gasteiger partial charge in [-0.2, -0.15) is 4.98 Å². The summed E-state index contributed by atoms with van der Waals surface area (Å²) in [6, 6.07) is 13.6. The van der Waals surface area contributed by atoms with Crippen LogP contribution in [0.15, 0.2) is 47.0 Å². The number of benzene rings is 2. The van der Waals surface area contributed by atoms with Crippen LogP contribution in [0.2, 0.25) is 0 Å². The summed E-state index contributed by atoms with van der Waals surface area (Å²) in [7, 11) is 3.18. The first-order chi connectivity index (χ1) is 14.1. The molecule has 1 aliphatic heterocycles. The van der Waals surface area contributed by atoms with Gasteiger partial charge >= 0.3 is 0 Å². The summed E-state index contributed by atoms with van der Waals surface area (Å²) in [6.45, 7) is 3.22. The zero-order valence-electron chi connectivity index (χ0n) is 16.7. The molecule has 2 heterocycles. The van der Waals surface area contributed by atoms with Gasteiger partial charge in [0.1, 0.15) is 11.5 Å². The summed E-state index contributed by atoms with van der Waals surface area (Å²) in [4.78, 5) is 18.9. The molecule has 0 aliphatic carbocycles. The number of ether oxygens (including phenoxy) is 2. The number of rotatable bonds is 6. The second-order valence-corrected chi connectivity index (χ2v) is 7.22. The molecule has 7 heteroatoms. The van der Waals surface area contributed by atoms with Crippen LogP contribution < -0.4 is 9.47 Å². The monoisotopic (exact) mass is 393 g/mol. The van der Waals surface area contributed by atoms with E-state index in [2.05, 4.69) is 16.2 Å². The van der Waals surface area contributed by atoms with Crippen molar-refractivity contribution < 1.29 is 18.8 Å². The van der Waals surface area contributed by atoms with Crippen LogP contribution in [-0.4, -0.2) is 41.7 Å². The molecule has 2 aromatic carbocycles. The van der Waals surface area contributed by atoms with Gasteiger partial charge in [0.15, 0.2) is 5.82 Å². The number of nitrogens with zero attached hydrogens (tertiary/aromatic N) is 3. The number of carbonyl (C=O) groups excluding carboxylic acids is 1. The van der Waals surface area contributed by atoms with Gasteiger partial charge in [0.05, 0.1) is 14.2 Å². The van der Waals surface area contributed by atoms with Crippen LogP contribution in [-0.2, 0) is 11.3 Å². The van der Waals surface area contributed by atoms with Crippen LogP contribution in [0.4, 0.5) is 0 Å². The fourth-order valence-corrected chi connectivity index (χ4v) is 3.58. The summed E-state index contributed by atoms with van der Waals surface area (Å²) >= 11 is 0. The smallest absolute Gasteiger partial charge is 0.258 e. The number of amides is 1. The molecule has 4 rings (SSSR count). The Labute approximate surface area is 169 Å². The second kappa shape index (κ2) is 7.95. The fourth-order valence-electron chi connectivity index (χ4n) is 3.58. The lowest BCUT2D eigenvalue weighted by molar-refractivity contribution is -0.128. The summed E-state index contributed by atoms with van der Waals surface area (Å²) in [5.41, 5.74) is 3.01. The Morgan fingerprint density at radius 3 is 2.59 bits per heavy atom. The van der Waals surface area contributed by atoms with E-state index < -0.39 is 0 Å². The third kappa shape index (κ3) is 4.08. The van der Waals surface area contributed by atoms with Gasteiger partial charge in [0.25, 0.3) is 5.89 Å². The maximum Gasteiger partial charge on any atom is 0.258 e. The molecule has 29 heavy (non-hydrogen) atoms. The van der Waals surface area contributed by atoms with Crippen molar-refractivity contribution in [3.8, 4) is 23.0 Å². The van der Waals surface area contributed by atoms with Crippen molar-refractivity contribution in [2.24, 2.45) is 0 Å². The van der Waals surface area contributed by atoms with Crippen LogP contribution in [0.25, 0.3) is 11.5 Å². The van der Waals surface area contributed by atoms with Crippen molar-refractivity contribution in [1.29, 1.82) is 0 Å². The van der Waals surface area contributed by atoms with Gasteiger partial charge in [-0.3, -0.25) is 4.79 Å². The number of hydrogen-bond donors (Lipinski definition) is 0. The van der Waals surface area contributed by atoms with Crippen LogP contribution >= 0.6 is 0 Å². The van der Waals surface area contributed by atoms with Gasteiger partial charge in [-0.05, 0) is 24.6 Å². The highest BCUT2D eigenvalue weighted by Crippen LogP contribution is 2.32. The molecule has 7 nitrogen and oxygen atoms in total. The lowest BCUT2D eigenvalue weighted by Crippen LogP contribution is -2.24. The van der Waals surface area contributed by atoms with Crippen molar-refractivity contribution in [1.82, 2.24) is 15.0 Å². The van der Waals surface area contributed by atoms with Gasteiger partial charge in [0.2, 0.25) is 5.91 Å². The highest BCUT2D eigenvalue weighted by molar-refractivity contribution is 5.79. The van der Waals surface area contributed by atoms with Gasteiger partial charge in [-0.25, -0.2) is 0 Å². The van der Waals surface area contributed by atoms with E-state index in [4.69, 9.17) is 14.0 Å². The van der Waals surface area contributed by atoms with Crippen LogP contribution in [0.1, 0.15) is 29.3 Å². The summed E-state index contributed by atoms with van der Waals surface area (Å²) in [5.74, 6) is 2.21. The van der Waals surface area contributed by atoms with Crippen molar-refractivity contribution >= 4 is 5.91 Å². The maximum atomic E-state index is 12.5. The molecular formula is C22H23N3O4. The Balaban J connectivity index is 1.51. The molecule has 150 valence electrons. The highest BCUT2D eigenvalue weighted by Gasteiger charge is 2.33. The third-order valence-electron chi connectivity index (χ3n) is 5.08. The SMILES string of the molecule is COc1cc(OC)cc(-c2nc(C3CC(=O)N(Cc4cccc(C)c4)C3)no2)c1. The van der Waals surface area contributed by atoms with Gasteiger partial charge in [-0.15, -0.1) is 0 Å². The van der Waals surface area contributed by atoms with E-state index in [1.54, 1.807) is 20.3 Å². The van der Waals surface area contributed by atoms with E-state index in [9.17, 15) is 4.79 Å². The number of aromatic nitrogens is 2. The molecular weight excluding hydrogens is 370 g/mol. The van der Waals surface area contributed by atoms with Crippen molar-refractivity contribution in [2.75, 3.05) is 20.8 Å². The van der Waals surface area contributed by atoms with E-state index in [1.165, 1.54) is 5.56 Å². The lowest BCUT2D eigenvalue weighted by atomic mass is 10.1. The Kier molecular flexibility index (Phi) is 5.20. The Bertz CT molecular complexity index is 1010. The number of hydrogen-bond acceptors (Lipinski definition) is 6. The van der Waals surface area contributed by atoms with Crippen molar-refractivity contribution in [2.45, 2.75) is 25.8 Å².